The molecule has 0 spiro atoms. The molecule has 0 radical (unpaired) electrons. The molecule has 0 unspecified atom stereocenters. The number of rotatable bonds is 6. The van der Waals surface area contributed by atoms with Gasteiger partial charge in [0.15, 0.2) is 11.6 Å². The zero-order valence-electron chi connectivity index (χ0n) is 11.5. The van der Waals surface area contributed by atoms with Crippen LogP contribution in [0.5, 0.6) is 5.75 Å². The largest absolute Gasteiger partial charge is 0.487 e. The van der Waals surface area contributed by atoms with Crippen molar-refractivity contribution in [2.45, 2.75) is 32.0 Å². The average Bonchev–Trinajstić information content (AvgIpc) is 3.32. The lowest BCUT2D eigenvalue weighted by Gasteiger charge is -2.08. The number of nitrogens with one attached hydrogen (secondary N) is 1. The monoisotopic (exact) mass is 290 g/mol. The van der Waals surface area contributed by atoms with Crippen LogP contribution in [0.3, 0.4) is 0 Å². The molecule has 1 aliphatic carbocycles. The van der Waals surface area contributed by atoms with Crippen molar-refractivity contribution in [1.29, 1.82) is 0 Å². The summed E-state index contributed by atoms with van der Waals surface area (Å²) in [5, 5.41) is 3.37. The number of halogens is 2. The first-order chi connectivity index (χ1) is 10.2. The summed E-state index contributed by atoms with van der Waals surface area (Å²) in [6, 6.07) is 8.34. The van der Waals surface area contributed by atoms with Crippen molar-refractivity contribution in [3.8, 4) is 5.75 Å². The lowest BCUT2D eigenvalue weighted by atomic mass is 10.2. The van der Waals surface area contributed by atoms with Crippen LogP contribution in [-0.4, -0.2) is 11.0 Å². The molecule has 0 saturated heterocycles. The van der Waals surface area contributed by atoms with E-state index >= 15 is 0 Å². The number of hydrogen-bond acceptors (Lipinski definition) is 3. The van der Waals surface area contributed by atoms with Crippen LogP contribution in [0.15, 0.2) is 36.5 Å². The van der Waals surface area contributed by atoms with Gasteiger partial charge >= 0.3 is 0 Å². The summed E-state index contributed by atoms with van der Waals surface area (Å²) in [5.41, 5.74) is 1.13. The molecule has 21 heavy (non-hydrogen) atoms. The SMILES string of the molecule is Fc1cccc(COc2ccc(CNC3CC3)nc2)c1F. The minimum absolute atomic E-state index is 0.0229. The van der Waals surface area contributed by atoms with Crippen LogP contribution in [0.1, 0.15) is 24.1 Å². The van der Waals surface area contributed by atoms with E-state index in [0.717, 1.165) is 18.3 Å². The normalized spacial score (nSPS) is 14.2. The molecule has 1 heterocycles. The maximum atomic E-state index is 13.5. The molecule has 110 valence electrons. The minimum atomic E-state index is -0.865. The Morgan fingerprint density at radius 1 is 1.19 bits per heavy atom. The first-order valence-electron chi connectivity index (χ1n) is 6.96. The second-order valence-corrected chi connectivity index (χ2v) is 5.14. The number of benzene rings is 1. The highest BCUT2D eigenvalue weighted by atomic mass is 19.2. The summed E-state index contributed by atoms with van der Waals surface area (Å²) >= 11 is 0. The predicted molar refractivity (Wildman–Crippen MR) is 74.8 cm³/mol. The molecule has 1 saturated carbocycles. The van der Waals surface area contributed by atoms with Crippen LogP contribution in [0.25, 0.3) is 0 Å². The third kappa shape index (κ3) is 3.76. The van der Waals surface area contributed by atoms with Gasteiger partial charge in [0.25, 0.3) is 0 Å². The molecule has 1 N–H and O–H groups in total. The quantitative estimate of drug-likeness (QED) is 0.887. The minimum Gasteiger partial charge on any atom is -0.487 e. The van der Waals surface area contributed by atoms with Crippen LogP contribution in [0, 0.1) is 11.6 Å². The summed E-state index contributed by atoms with van der Waals surface area (Å²) < 4.78 is 32.0. The van der Waals surface area contributed by atoms with E-state index in [4.69, 9.17) is 4.74 Å². The van der Waals surface area contributed by atoms with Gasteiger partial charge < -0.3 is 10.1 Å². The Kier molecular flexibility index (Phi) is 4.10. The Morgan fingerprint density at radius 3 is 2.76 bits per heavy atom. The van der Waals surface area contributed by atoms with E-state index in [2.05, 4.69) is 10.3 Å². The first kappa shape index (κ1) is 13.9. The van der Waals surface area contributed by atoms with Crippen LogP contribution in [0.2, 0.25) is 0 Å². The number of hydrogen-bond donors (Lipinski definition) is 1. The summed E-state index contributed by atoms with van der Waals surface area (Å²) in [7, 11) is 0. The topological polar surface area (TPSA) is 34.1 Å². The number of ether oxygens (including phenoxy) is 1. The van der Waals surface area contributed by atoms with E-state index in [1.807, 2.05) is 6.07 Å². The highest BCUT2D eigenvalue weighted by Crippen LogP contribution is 2.19. The molecule has 2 aromatic rings. The third-order valence-electron chi connectivity index (χ3n) is 3.37. The van der Waals surface area contributed by atoms with Gasteiger partial charge in [-0.05, 0) is 31.0 Å². The van der Waals surface area contributed by atoms with Crippen molar-refractivity contribution in [3.05, 3.63) is 59.4 Å². The fourth-order valence-electron chi connectivity index (χ4n) is 1.96. The van der Waals surface area contributed by atoms with Crippen molar-refractivity contribution in [3.63, 3.8) is 0 Å². The standard InChI is InChI=1S/C16H16F2N2O/c17-15-3-1-2-11(16(15)18)10-21-14-7-6-13(20-9-14)8-19-12-4-5-12/h1-3,6-7,9,12,19H,4-5,8,10H2. The van der Waals surface area contributed by atoms with Crippen LogP contribution in [0.4, 0.5) is 8.78 Å². The first-order valence-corrected chi connectivity index (χ1v) is 6.96. The average molecular weight is 290 g/mol. The second kappa shape index (κ2) is 6.18. The van der Waals surface area contributed by atoms with Crippen molar-refractivity contribution >= 4 is 0 Å². The van der Waals surface area contributed by atoms with Crippen molar-refractivity contribution in [2.75, 3.05) is 0 Å². The van der Waals surface area contributed by atoms with Gasteiger partial charge in [0.2, 0.25) is 0 Å². The van der Waals surface area contributed by atoms with Crippen molar-refractivity contribution in [2.24, 2.45) is 0 Å². The Labute approximate surface area is 122 Å². The Morgan fingerprint density at radius 2 is 2.05 bits per heavy atom. The fraction of sp³-hybridized carbons (Fsp3) is 0.312. The van der Waals surface area contributed by atoms with Gasteiger partial charge in [0, 0.05) is 18.2 Å². The van der Waals surface area contributed by atoms with E-state index in [1.54, 1.807) is 12.3 Å². The Hall–Kier alpha value is -2.01. The van der Waals surface area contributed by atoms with E-state index in [1.165, 1.54) is 25.0 Å². The molecule has 1 aromatic heterocycles. The van der Waals surface area contributed by atoms with Gasteiger partial charge in [-0.3, -0.25) is 4.98 Å². The lowest BCUT2D eigenvalue weighted by Crippen LogP contribution is -2.16. The van der Waals surface area contributed by atoms with Gasteiger partial charge in [-0.2, -0.15) is 0 Å². The highest BCUT2D eigenvalue weighted by molar-refractivity contribution is 5.22. The van der Waals surface area contributed by atoms with Gasteiger partial charge in [0.1, 0.15) is 12.4 Å². The number of pyridine rings is 1. The number of aromatic nitrogens is 1. The molecule has 0 aliphatic heterocycles. The summed E-state index contributed by atoms with van der Waals surface area (Å²) in [5.74, 6) is -1.19. The summed E-state index contributed by atoms with van der Waals surface area (Å²) in [6.45, 7) is 0.717. The van der Waals surface area contributed by atoms with Crippen LogP contribution >= 0.6 is 0 Å². The fourth-order valence-corrected chi connectivity index (χ4v) is 1.96. The smallest absolute Gasteiger partial charge is 0.165 e. The van der Waals surface area contributed by atoms with Gasteiger partial charge in [0.05, 0.1) is 11.9 Å². The molecule has 0 atom stereocenters. The van der Waals surface area contributed by atoms with E-state index in [9.17, 15) is 8.78 Å². The van der Waals surface area contributed by atoms with E-state index in [0.29, 0.717) is 11.8 Å². The molecular formula is C16H16F2N2O. The predicted octanol–water partition coefficient (Wildman–Crippen LogP) is 3.19. The molecule has 1 aromatic carbocycles. The van der Waals surface area contributed by atoms with Gasteiger partial charge in [-0.15, -0.1) is 0 Å². The molecule has 1 aliphatic rings. The van der Waals surface area contributed by atoms with E-state index < -0.39 is 11.6 Å². The maximum Gasteiger partial charge on any atom is 0.165 e. The van der Waals surface area contributed by atoms with Crippen molar-refractivity contribution < 1.29 is 13.5 Å². The molecule has 3 nitrogen and oxygen atoms in total. The Bertz CT molecular complexity index is 612. The molecule has 0 bridgehead atoms. The molecule has 0 amide bonds. The lowest BCUT2D eigenvalue weighted by molar-refractivity contribution is 0.296. The highest BCUT2D eigenvalue weighted by Gasteiger charge is 2.20. The Balaban J connectivity index is 1.56. The maximum absolute atomic E-state index is 13.5. The number of nitrogens with zero attached hydrogens (tertiary/aromatic N) is 1. The zero-order valence-corrected chi connectivity index (χ0v) is 11.5. The third-order valence-corrected chi connectivity index (χ3v) is 3.37. The summed E-state index contributed by atoms with van der Waals surface area (Å²) in [4.78, 5) is 4.28. The molecule has 1 fully saturated rings. The van der Waals surface area contributed by atoms with E-state index in [-0.39, 0.29) is 12.2 Å². The summed E-state index contributed by atoms with van der Waals surface area (Å²) in [6.07, 6.45) is 4.07. The van der Waals surface area contributed by atoms with Crippen LogP contribution in [-0.2, 0) is 13.2 Å². The molecular weight excluding hydrogens is 274 g/mol. The zero-order chi connectivity index (χ0) is 14.7. The molecule has 3 rings (SSSR count). The second-order valence-electron chi connectivity index (χ2n) is 5.14. The van der Waals surface area contributed by atoms with Crippen molar-refractivity contribution in [1.82, 2.24) is 10.3 Å². The van der Waals surface area contributed by atoms with Gasteiger partial charge in [-0.1, -0.05) is 12.1 Å². The van der Waals surface area contributed by atoms with Crippen LogP contribution < -0.4 is 10.1 Å². The molecule has 5 heteroatoms. The van der Waals surface area contributed by atoms with Gasteiger partial charge in [-0.25, -0.2) is 8.78 Å².